The molecule has 1 atom stereocenters. The molecule has 0 bridgehead atoms. The first kappa shape index (κ1) is 19.4. The van der Waals surface area contributed by atoms with Gasteiger partial charge in [0, 0.05) is 31.6 Å². The van der Waals surface area contributed by atoms with Crippen LogP contribution in [0.4, 0.5) is 15.8 Å². The molecule has 146 valence electrons. The van der Waals surface area contributed by atoms with Gasteiger partial charge in [0.2, 0.25) is 0 Å². The van der Waals surface area contributed by atoms with E-state index in [2.05, 4.69) is 9.62 Å². The summed E-state index contributed by atoms with van der Waals surface area (Å²) in [5.41, 5.74) is 1.42. The van der Waals surface area contributed by atoms with Crippen molar-refractivity contribution < 1.29 is 22.3 Å². The molecule has 1 fully saturated rings. The lowest BCUT2D eigenvalue weighted by Gasteiger charge is -2.33. The maximum atomic E-state index is 13.8. The molecule has 2 aromatic rings. The normalized spacial score (nSPS) is 17.6. The Morgan fingerprint density at radius 1 is 1.15 bits per heavy atom. The number of hydrogen-bond acceptors (Lipinski definition) is 5. The van der Waals surface area contributed by atoms with Gasteiger partial charge in [-0.1, -0.05) is 0 Å². The van der Waals surface area contributed by atoms with Gasteiger partial charge in [-0.15, -0.1) is 0 Å². The van der Waals surface area contributed by atoms with Gasteiger partial charge in [0.05, 0.1) is 18.1 Å². The van der Waals surface area contributed by atoms with Crippen LogP contribution in [-0.4, -0.2) is 41.8 Å². The molecule has 0 aromatic heterocycles. The van der Waals surface area contributed by atoms with Gasteiger partial charge in [-0.05, 0) is 55.3 Å². The van der Waals surface area contributed by atoms with E-state index in [1.165, 1.54) is 19.2 Å². The first-order valence-electron chi connectivity index (χ1n) is 8.67. The molecule has 0 spiro atoms. The highest BCUT2D eigenvalue weighted by molar-refractivity contribution is 7.92. The Balaban J connectivity index is 1.73. The third-order valence-electron chi connectivity index (χ3n) is 4.63. The molecule has 1 aliphatic heterocycles. The first-order chi connectivity index (χ1) is 12.9. The van der Waals surface area contributed by atoms with E-state index < -0.39 is 15.8 Å². The molecular weight excluding hydrogens is 371 g/mol. The molecule has 0 radical (unpaired) electrons. The Hall–Kier alpha value is -2.32. The van der Waals surface area contributed by atoms with Gasteiger partial charge in [-0.3, -0.25) is 4.72 Å². The molecule has 1 heterocycles. The van der Waals surface area contributed by atoms with Gasteiger partial charge in [-0.2, -0.15) is 0 Å². The second-order valence-electron chi connectivity index (χ2n) is 6.39. The summed E-state index contributed by atoms with van der Waals surface area (Å²) in [6, 6.07) is 10.7. The summed E-state index contributed by atoms with van der Waals surface area (Å²) in [4.78, 5) is 2.05. The number of benzene rings is 2. The van der Waals surface area contributed by atoms with Gasteiger partial charge in [0.1, 0.15) is 0 Å². The summed E-state index contributed by atoms with van der Waals surface area (Å²) in [6.45, 7) is 1.75. The van der Waals surface area contributed by atoms with E-state index in [1.807, 2.05) is 12.1 Å². The summed E-state index contributed by atoms with van der Waals surface area (Å²) in [7, 11) is -0.851. The Bertz CT molecular complexity index is 887. The van der Waals surface area contributed by atoms with Crippen molar-refractivity contribution in [2.75, 3.05) is 36.9 Å². The Kier molecular flexibility index (Phi) is 5.86. The zero-order valence-corrected chi connectivity index (χ0v) is 16.1. The van der Waals surface area contributed by atoms with Gasteiger partial charge < -0.3 is 14.4 Å². The molecule has 3 rings (SSSR count). The standard InChI is InChI=1S/C19H23FN2O4S/c1-25-16-4-3-11-22(13-16)15-7-5-14(6-8-15)21-27(23,24)17-9-10-19(26-2)18(20)12-17/h5-10,12,16,21H,3-4,11,13H2,1-2H3. The summed E-state index contributed by atoms with van der Waals surface area (Å²) in [6.07, 6.45) is 2.31. The number of sulfonamides is 1. The van der Waals surface area contributed by atoms with E-state index in [-0.39, 0.29) is 16.7 Å². The summed E-state index contributed by atoms with van der Waals surface area (Å²) in [5, 5.41) is 0. The SMILES string of the molecule is COc1ccc(S(=O)(=O)Nc2ccc(N3CCCC(OC)C3)cc2)cc1F. The number of nitrogens with one attached hydrogen (secondary N) is 1. The second kappa shape index (κ2) is 8.14. The van der Waals surface area contributed by atoms with Crippen molar-refractivity contribution in [1.82, 2.24) is 0 Å². The average molecular weight is 394 g/mol. The highest BCUT2D eigenvalue weighted by atomic mass is 32.2. The zero-order chi connectivity index (χ0) is 19.4. The first-order valence-corrected chi connectivity index (χ1v) is 10.2. The lowest BCUT2D eigenvalue weighted by molar-refractivity contribution is 0.0893. The van der Waals surface area contributed by atoms with Crippen LogP contribution in [0.1, 0.15) is 12.8 Å². The monoisotopic (exact) mass is 394 g/mol. The van der Waals surface area contributed by atoms with Gasteiger partial charge >= 0.3 is 0 Å². The number of anilines is 2. The predicted octanol–water partition coefficient (Wildman–Crippen LogP) is 3.25. The number of nitrogens with zero attached hydrogens (tertiary/aromatic N) is 1. The summed E-state index contributed by atoms with van der Waals surface area (Å²) >= 11 is 0. The summed E-state index contributed by atoms with van der Waals surface area (Å²) < 4.78 is 51.5. The molecule has 6 nitrogen and oxygen atoms in total. The molecule has 1 N–H and O–H groups in total. The number of piperidine rings is 1. The van der Waals surface area contributed by atoms with Crippen LogP contribution in [0.5, 0.6) is 5.75 Å². The third kappa shape index (κ3) is 4.51. The Morgan fingerprint density at radius 2 is 1.89 bits per heavy atom. The van der Waals surface area contributed by atoms with Crippen molar-refractivity contribution in [2.45, 2.75) is 23.8 Å². The minimum atomic E-state index is -3.89. The topological polar surface area (TPSA) is 67.9 Å². The Labute approximate surface area is 159 Å². The van der Waals surface area contributed by atoms with Crippen molar-refractivity contribution in [3.63, 3.8) is 0 Å². The van der Waals surface area contributed by atoms with E-state index in [0.29, 0.717) is 5.69 Å². The number of rotatable bonds is 6. The zero-order valence-electron chi connectivity index (χ0n) is 15.3. The molecule has 27 heavy (non-hydrogen) atoms. The number of hydrogen-bond donors (Lipinski definition) is 1. The highest BCUT2D eigenvalue weighted by Gasteiger charge is 2.20. The highest BCUT2D eigenvalue weighted by Crippen LogP contribution is 2.25. The van der Waals surface area contributed by atoms with E-state index in [1.54, 1.807) is 19.2 Å². The fraction of sp³-hybridized carbons (Fsp3) is 0.368. The number of ether oxygens (including phenoxy) is 2. The van der Waals surface area contributed by atoms with E-state index in [4.69, 9.17) is 9.47 Å². The number of halogens is 1. The van der Waals surface area contributed by atoms with Crippen LogP contribution < -0.4 is 14.4 Å². The van der Waals surface area contributed by atoms with Crippen LogP contribution in [0.3, 0.4) is 0 Å². The summed E-state index contributed by atoms with van der Waals surface area (Å²) in [5.74, 6) is -0.734. The van der Waals surface area contributed by atoms with Crippen molar-refractivity contribution >= 4 is 21.4 Å². The number of methoxy groups -OCH3 is 2. The molecule has 0 saturated carbocycles. The van der Waals surface area contributed by atoms with Crippen LogP contribution >= 0.6 is 0 Å². The molecule has 8 heteroatoms. The third-order valence-corrected chi connectivity index (χ3v) is 6.01. The Morgan fingerprint density at radius 3 is 2.52 bits per heavy atom. The fourth-order valence-corrected chi connectivity index (χ4v) is 4.20. The lowest BCUT2D eigenvalue weighted by Crippen LogP contribution is -2.39. The van der Waals surface area contributed by atoms with Crippen molar-refractivity contribution in [2.24, 2.45) is 0 Å². The van der Waals surface area contributed by atoms with E-state index >= 15 is 0 Å². The molecule has 2 aromatic carbocycles. The van der Waals surface area contributed by atoms with E-state index in [0.717, 1.165) is 37.7 Å². The van der Waals surface area contributed by atoms with Crippen LogP contribution in [0.15, 0.2) is 47.4 Å². The minimum Gasteiger partial charge on any atom is -0.494 e. The van der Waals surface area contributed by atoms with Crippen LogP contribution in [0.25, 0.3) is 0 Å². The molecule has 1 unspecified atom stereocenters. The maximum absolute atomic E-state index is 13.8. The van der Waals surface area contributed by atoms with E-state index in [9.17, 15) is 12.8 Å². The van der Waals surface area contributed by atoms with Crippen molar-refractivity contribution in [3.05, 3.63) is 48.3 Å². The van der Waals surface area contributed by atoms with Gasteiger partial charge in [-0.25, -0.2) is 12.8 Å². The van der Waals surface area contributed by atoms with Crippen LogP contribution in [0, 0.1) is 5.82 Å². The van der Waals surface area contributed by atoms with Crippen molar-refractivity contribution in [3.8, 4) is 5.75 Å². The molecule has 0 amide bonds. The van der Waals surface area contributed by atoms with Crippen molar-refractivity contribution in [1.29, 1.82) is 0 Å². The molecule has 1 aliphatic rings. The maximum Gasteiger partial charge on any atom is 0.262 e. The van der Waals surface area contributed by atoms with Crippen LogP contribution in [0.2, 0.25) is 0 Å². The average Bonchev–Trinajstić information content (AvgIpc) is 2.68. The van der Waals surface area contributed by atoms with Gasteiger partial charge in [0.15, 0.2) is 11.6 Å². The van der Waals surface area contributed by atoms with Gasteiger partial charge in [0.25, 0.3) is 10.0 Å². The second-order valence-corrected chi connectivity index (χ2v) is 8.08. The molecule has 1 saturated heterocycles. The van der Waals surface area contributed by atoms with Crippen LogP contribution in [-0.2, 0) is 14.8 Å². The quantitative estimate of drug-likeness (QED) is 0.815. The molecule has 0 aliphatic carbocycles. The largest absolute Gasteiger partial charge is 0.494 e. The smallest absolute Gasteiger partial charge is 0.262 e. The fourth-order valence-electron chi connectivity index (χ4n) is 3.13. The molecular formula is C19H23FN2O4S. The minimum absolute atomic E-state index is 0.00537. The predicted molar refractivity (Wildman–Crippen MR) is 102 cm³/mol. The lowest BCUT2D eigenvalue weighted by atomic mass is 10.1.